The quantitative estimate of drug-likeness (QED) is 0.380. The molecule has 4 heteroatoms. The van der Waals surface area contributed by atoms with Crippen LogP contribution in [0.15, 0.2) is 0 Å². The van der Waals surface area contributed by atoms with Crippen LogP contribution < -0.4 is 0 Å². The molecule has 0 aliphatic carbocycles. The maximum atomic E-state index is 8.40. The normalized spacial score (nSPS) is 2.00. The minimum Gasteiger partial charge on any atom is -0.274 e. The maximum Gasteiger partial charge on any atom is 0.549 e. The Kier molecular flexibility index (Phi) is 19.9. The van der Waals surface area contributed by atoms with E-state index in [2.05, 4.69) is 0 Å². The van der Waals surface area contributed by atoms with E-state index in [9.17, 15) is 0 Å². The first kappa shape index (κ1) is 8.91. The van der Waals surface area contributed by atoms with Crippen molar-refractivity contribution in [1.29, 1.82) is 0 Å². The van der Waals surface area contributed by atoms with Gasteiger partial charge in [0.15, 0.2) is 0 Å². The van der Waals surface area contributed by atoms with E-state index < -0.39 is 9.29 Å². The summed E-state index contributed by atoms with van der Waals surface area (Å²) in [7, 11) is -1.42. The first-order valence-electron chi connectivity index (χ1n) is 0.408. The van der Waals surface area contributed by atoms with Crippen molar-refractivity contribution in [3.63, 3.8) is 0 Å². The van der Waals surface area contributed by atoms with Crippen LogP contribution in [-0.2, 0) is 8.92 Å². The molecule has 0 fully saturated rings. The molecule has 0 N–H and O–H groups in total. The fraction of sp³-hybridized carbons (Fsp3) is 0. The fourth-order valence-corrected chi connectivity index (χ4v) is 0. The second-order valence-electron chi connectivity index (χ2n) is 0.0833. The van der Waals surface area contributed by atoms with Crippen molar-refractivity contribution in [2.24, 2.45) is 0 Å². The molecule has 0 saturated carbocycles. The molecule has 0 aromatic rings. The molecule has 0 heterocycles. The van der Waals surface area contributed by atoms with Crippen LogP contribution in [0.2, 0.25) is 0 Å². The molecule has 0 aromatic carbocycles. The Morgan fingerprint density at radius 1 is 1.25 bits per heavy atom. The number of rotatable bonds is 0. The largest absolute Gasteiger partial charge is 0.549 e. The van der Waals surface area contributed by atoms with Gasteiger partial charge in [-0.25, -0.2) is 0 Å². The van der Waals surface area contributed by atoms with Gasteiger partial charge in [0.25, 0.3) is 0 Å². The summed E-state index contributed by atoms with van der Waals surface area (Å²) in [4.78, 5) is 0. The molecule has 0 amide bonds. The van der Waals surface area contributed by atoms with Crippen molar-refractivity contribution in [3.05, 3.63) is 0 Å². The van der Waals surface area contributed by atoms with Crippen molar-refractivity contribution in [3.8, 4) is 0 Å². The third-order valence-corrected chi connectivity index (χ3v) is 0. The Labute approximate surface area is 55.5 Å². The predicted molar refractivity (Wildman–Crippen MR) is 7.13 cm³/mol. The minimum atomic E-state index is -1.42. The van der Waals surface area contributed by atoms with Crippen LogP contribution in [0.1, 0.15) is 0 Å². The van der Waals surface area contributed by atoms with E-state index in [4.69, 9.17) is 8.92 Å². The molecular weight excluding hydrogens is 100 g/mol. The van der Waals surface area contributed by atoms with Crippen molar-refractivity contribution in [1.82, 2.24) is 0 Å². The zero-order valence-electron chi connectivity index (χ0n) is 1.67. The fourth-order valence-electron chi connectivity index (χ4n) is 0. The Balaban J connectivity index is 0. The third-order valence-electron chi connectivity index (χ3n) is 0. The van der Waals surface area contributed by atoms with Crippen LogP contribution in [0.3, 0.4) is 0 Å². The van der Waals surface area contributed by atoms with Gasteiger partial charge in [0.1, 0.15) is 0 Å². The van der Waals surface area contributed by atoms with E-state index in [1.165, 1.54) is 0 Å². The van der Waals surface area contributed by atoms with Gasteiger partial charge in [-0.2, -0.15) is 0 Å². The first-order chi connectivity index (χ1) is 1.41. The van der Waals surface area contributed by atoms with Gasteiger partial charge in [-0.15, -0.1) is 0 Å². The zero-order chi connectivity index (χ0) is 2.71. The molecule has 0 rings (SSSR count). The predicted octanol–water partition coefficient (Wildman–Crippen LogP) is -0.618. The Morgan fingerprint density at radius 2 is 1.25 bits per heavy atom. The zero-order valence-corrected chi connectivity index (χ0v) is 3.38. The van der Waals surface area contributed by atoms with Gasteiger partial charge in [-0.1, -0.05) is 0 Å². The van der Waals surface area contributed by atoms with E-state index in [-0.39, 0.29) is 37.7 Å². The molecule has 2 nitrogen and oxygen atoms in total. The summed E-state index contributed by atoms with van der Waals surface area (Å²) in [5.41, 5.74) is 0. The second-order valence-corrected chi connectivity index (χ2v) is 0.250. The van der Waals surface area contributed by atoms with Gasteiger partial charge in [0.2, 0.25) is 0 Å². The van der Waals surface area contributed by atoms with E-state index in [1.54, 1.807) is 0 Å². The van der Waals surface area contributed by atoms with Crippen molar-refractivity contribution < 1.29 is 46.7 Å². The van der Waals surface area contributed by atoms with Crippen molar-refractivity contribution >= 4 is 9.29 Å². The summed E-state index contributed by atoms with van der Waals surface area (Å²) in [6, 6.07) is 0. The molecule has 24 valence electrons. The van der Waals surface area contributed by atoms with Crippen molar-refractivity contribution in [2.75, 3.05) is 0 Å². The average molecular weight is 100 g/mol. The molecule has 4 heavy (non-hydrogen) atoms. The van der Waals surface area contributed by atoms with E-state index in [0.717, 1.165) is 0 Å². The average Bonchev–Trinajstić information content (AvgIpc) is 0.918. The van der Waals surface area contributed by atoms with Crippen LogP contribution in [-0.4, -0.2) is 9.29 Å². The molecular formula is ArO2Si. The minimum absolute atomic E-state index is 0. The molecule has 0 unspecified atom stereocenters. The van der Waals surface area contributed by atoms with Crippen LogP contribution in [0, 0.1) is 37.7 Å². The summed E-state index contributed by atoms with van der Waals surface area (Å²) in [5.74, 6) is 0. The standard InChI is InChI=1S/Ar.O2Si/c;1-3-2. The van der Waals surface area contributed by atoms with E-state index in [1.807, 2.05) is 0 Å². The molecule has 0 aliphatic heterocycles. The maximum absolute atomic E-state index is 8.40. The Hall–Kier alpha value is 1.08. The number of hydrogen-bond acceptors (Lipinski definition) is 2. The van der Waals surface area contributed by atoms with Crippen LogP contribution >= 0.6 is 0 Å². The van der Waals surface area contributed by atoms with E-state index >= 15 is 0 Å². The summed E-state index contributed by atoms with van der Waals surface area (Å²) < 4.78 is 16.8. The number of hydrogen-bond donors (Lipinski definition) is 0. The second kappa shape index (κ2) is 8.95. The van der Waals surface area contributed by atoms with Gasteiger partial charge in [-0.3, -0.25) is 8.92 Å². The molecule has 0 radical (unpaired) electrons. The Bertz CT molecular complexity index is 27.0. The molecule has 0 bridgehead atoms. The monoisotopic (exact) mass is 99.9 g/mol. The third kappa shape index (κ3) is 11.4. The van der Waals surface area contributed by atoms with Crippen LogP contribution in [0.5, 0.6) is 0 Å². The molecule has 0 atom stereocenters. The van der Waals surface area contributed by atoms with Gasteiger partial charge >= 0.3 is 9.29 Å². The van der Waals surface area contributed by atoms with Crippen molar-refractivity contribution in [2.45, 2.75) is 0 Å². The summed E-state index contributed by atoms with van der Waals surface area (Å²) >= 11 is 0. The van der Waals surface area contributed by atoms with Gasteiger partial charge in [0, 0.05) is 37.7 Å². The summed E-state index contributed by atoms with van der Waals surface area (Å²) in [6.07, 6.45) is 0. The Morgan fingerprint density at radius 3 is 1.25 bits per heavy atom. The SMILES string of the molecule is O=[Si]=O.[Ar]. The molecule has 0 aliphatic rings. The smallest absolute Gasteiger partial charge is 0.274 e. The van der Waals surface area contributed by atoms with E-state index in [0.29, 0.717) is 0 Å². The molecule has 0 saturated heterocycles. The first-order valence-corrected chi connectivity index (χ1v) is 1.22. The topological polar surface area (TPSA) is 34.1 Å². The van der Waals surface area contributed by atoms with Gasteiger partial charge in [0.05, 0.1) is 0 Å². The summed E-state index contributed by atoms with van der Waals surface area (Å²) in [6.45, 7) is 0. The van der Waals surface area contributed by atoms with Crippen LogP contribution in [0.25, 0.3) is 0 Å². The van der Waals surface area contributed by atoms with Crippen LogP contribution in [0.4, 0.5) is 0 Å². The van der Waals surface area contributed by atoms with Gasteiger partial charge < -0.3 is 0 Å². The summed E-state index contributed by atoms with van der Waals surface area (Å²) in [5, 5.41) is 0. The molecule has 0 aromatic heterocycles. The molecule has 0 spiro atoms. The van der Waals surface area contributed by atoms with Gasteiger partial charge in [-0.05, 0) is 0 Å².